The van der Waals surface area contributed by atoms with Gasteiger partial charge in [0.1, 0.15) is 0 Å². The van der Waals surface area contributed by atoms with Gasteiger partial charge in [-0.1, -0.05) is 11.8 Å². The topological polar surface area (TPSA) is 86.5 Å². The van der Waals surface area contributed by atoms with Crippen molar-refractivity contribution in [1.82, 2.24) is 0 Å². The zero-order chi connectivity index (χ0) is 11.1. The van der Waals surface area contributed by atoms with Gasteiger partial charge in [0, 0.05) is 6.92 Å². The van der Waals surface area contributed by atoms with Gasteiger partial charge in [0.2, 0.25) is 0 Å². The molecule has 0 radical (unpaired) electrons. The molecule has 1 unspecified atom stereocenters. The largest absolute Gasteiger partial charge is 0.464 e. The lowest BCUT2D eigenvalue weighted by atomic mass is 10.2. The van der Waals surface area contributed by atoms with Crippen molar-refractivity contribution in [3.05, 3.63) is 0 Å². The maximum Gasteiger partial charge on any atom is 0.330 e. The summed E-state index contributed by atoms with van der Waals surface area (Å²) in [4.78, 5) is 32.7. The first-order valence-electron chi connectivity index (χ1n) is 4.07. The second-order valence-electron chi connectivity index (χ2n) is 2.48. The van der Waals surface area contributed by atoms with Crippen LogP contribution in [0, 0.1) is 0 Å². The summed E-state index contributed by atoms with van der Waals surface area (Å²) in [6.45, 7) is 3.15. The second kappa shape index (κ2) is 6.56. The number of rotatable bonds is 5. The Kier molecular flexibility index (Phi) is 6.14. The van der Waals surface area contributed by atoms with Crippen molar-refractivity contribution in [2.24, 2.45) is 5.73 Å². The first-order valence-corrected chi connectivity index (χ1v) is 5.05. The van der Waals surface area contributed by atoms with E-state index in [1.54, 1.807) is 6.92 Å². The van der Waals surface area contributed by atoms with Crippen molar-refractivity contribution in [2.75, 3.05) is 12.4 Å². The van der Waals surface area contributed by atoms with Gasteiger partial charge in [-0.15, -0.1) is 0 Å². The Morgan fingerprint density at radius 3 is 2.43 bits per heavy atom. The van der Waals surface area contributed by atoms with Crippen LogP contribution in [0.15, 0.2) is 0 Å². The predicted molar refractivity (Wildman–Crippen MR) is 52.8 cm³/mol. The molecule has 0 aliphatic carbocycles. The van der Waals surface area contributed by atoms with Gasteiger partial charge in [0.05, 0.1) is 12.4 Å². The van der Waals surface area contributed by atoms with Crippen LogP contribution >= 0.6 is 11.8 Å². The minimum absolute atomic E-state index is 0.0880. The molecule has 0 aliphatic heterocycles. The van der Waals surface area contributed by atoms with Gasteiger partial charge in [0.15, 0.2) is 16.9 Å². The van der Waals surface area contributed by atoms with Crippen LogP contribution in [0.1, 0.15) is 13.8 Å². The maximum atomic E-state index is 11.2. The first-order chi connectivity index (χ1) is 6.49. The third kappa shape index (κ3) is 4.98. The van der Waals surface area contributed by atoms with Gasteiger partial charge in [-0.05, 0) is 6.92 Å². The predicted octanol–water partition coefficient (Wildman–Crippen LogP) is -0.274. The summed E-state index contributed by atoms with van der Waals surface area (Å²) in [6.07, 6.45) is 0. The number of esters is 1. The number of nitrogens with two attached hydrogens (primary N) is 1. The van der Waals surface area contributed by atoms with Crippen molar-refractivity contribution in [3.8, 4) is 0 Å². The normalized spacial score (nSPS) is 11.9. The van der Waals surface area contributed by atoms with E-state index >= 15 is 0 Å². The van der Waals surface area contributed by atoms with Gasteiger partial charge in [-0.3, -0.25) is 9.59 Å². The second-order valence-corrected chi connectivity index (χ2v) is 3.63. The lowest BCUT2D eigenvalue weighted by molar-refractivity contribution is -0.147. The molecule has 0 amide bonds. The summed E-state index contributed by atoms with van der Waals surface area (Å²) in [5.74, 6) is -1.33. The van der Waals surface area contributed by atoms with E-state index in [0.29, 0.717) is 0 Å². The Morgan fingerprint density at radius 2 is 2.00 bits per heavy atom. The number of carbonyl (C=O) groups excluding carboxylic acids is 3. The maximum absolute atomic E-state index is 11.2. The van der Waals surface area contributed by atoms with E-state index in [2.05, 4.69) is 4.74 Å². The van der Waals surface area contributed by atoms with Crippen LogP contribution < -0.4 is 5.73 Å². The van der Waals surface area contributed by atoms with Gasteiger partial charge in [-0.2, -0.15) is 0 Å². The SMILES string of the molecule is CCOC(=O)C(N)C(=O)CSC(C)=O. The standard InChI is InChI=1S/C8H13NO4S/c1-3-13-8(12)7(9)6(11)4-14-5(2)10/h7H,3-4,9H2,1-2H3. The molecule has 1 atom stereocenters. The highest BCUT2D eigenvalue weighted by Gasteiger charge is 2.23. The summed E-state index contributed by atoms with van der Waals surface area (Å²) >= 11 is 0.827. The molecule has 0 aromatic rings. The van der Waals surface area contributed by atoms with Crippen molar-refractivity contribution in [3.63, 3.8) is 0 Å². The summed E-state index contributed by atoms with van der Waals surface area (Å²) in [7, 11) is 0. The molecule has 0 bridgehead atoms. The Balaban J connectivity index is 3.98. The van der Waals surface area contributed by atoms with E-state index < -0.39 is 17.8 Å². The van der Waals surface area contributed by atoms with E-state index in [1.165, 1.54) is 6.92 Å². The summed E-state index contributed by atoms with van der Waals surface area (Å²) in [5, 5.41) is -0.186. The number of thioether (sulfide) groups is 1. The molecule has 6 heteroatoms. The fourth-order valence-corrected chi connectivity index (χ4v) is 1.15. The van der Waals surface area contributed by atoms with E-state index in [0.717, 1.165) is 11.8 Å². The third-order valence-electron chi connectivity index (χ3n) is 1.31. The van der Waals surface area contributed by atoms with Gasteiger partial charge < -0.3 is 10.5 Å². The fraction of sp³-hybridized carbons (Fsp3) is 0.625. The summed E-state index contributed by atoms with van der Waals surface area (Å²) < 4.78 is 4.55. The molecular weight excluding hydrogens is 206 g/mol. The molecule has 0 saturated carbocycles. The molecule has 0 aromatic carbocycles. The van der Waals surface area contributed by atoms with E-state index in [9.17, 15) is 14.4 Å². The number of hydrogen-bond acceptors (Lipinski definition) is 6. The molecular formula is C8H13NO4S. The Morgan fingerprint density at radius 1 is 1.43 bits per heavy atom. The number of ketones is 1. The molecule has 2 N–H and O–H groups in total. The van der Waals surface area contributed by atoms with Gasteiger partial charge >= 0.3 is 5.97 Å². The Labute approximate surface area is 86.4 Å². The van der Waals surface area contributed by atoms with Crippen LogP contribution in [0.25, 0.3) is 0 Å². The molecule has 0 rings (SSSR count). The van der Waals surface area contributed by atoms with Gasteiger partial charge in [-0.25, -0.2) is 4.79 Å². The van der Waals surface area contributed by atoms with Crippen molar-refractivity contribution in [2.45, 2.75) is 19.9 Å². The molecule has 0 heterocycles. The number of hydrogen-bond donors (Lipinski definition) is 1. The average Bonchev–Trinajstić information content (AvgIpc) is 2.13. The highest BCUT2D eigenvalue weighted by atomic mass is 32.2. The number of Topliss-reactive ketones (excluding diaryl/α,β-unsaturated/α-hetero) is 1. The van der Waals surface area contributed by atoms with Crippen LogP contribution in [0.3, 0.4) is 0 Å². The molecule has 5 nitrogen and oxygen atoms in total. The Hall–Kier alpha value is -0.880. The lowest BCUT2D eigenvalue weighted by Gasteiger charge is -2.08. The van der Waals surface area contributed by atoms with E-state index in [4.69, 9.17) is 5.73 Å². The van der Waals surface area contributed by atoms with Crippen molar-refractivity contribution >= 4 is 28.6 Å². The molecule has 0 spiro atoms. The lowest BCUT2D eigenvalue weighted by Crippen LogP contribution is -2.41. The molecule has 14 heavy (non-hydrogen) atoms. The monoisotopic (exact) mass is 219 g/mol. The number of ether oxygens (including phenoxy) is 1. The molecule has 0 saturated heterocycles. The van der Waals surface area contributed by atoms with Gasteiger partial charge in [0.25, 0.3) is 0 Å². The first kappa shape index (κ1) is 13.1. The van der Waals surface area contributed by atoms with Crippen LogP contribution in [0.2, 0.25) is 0 Å². The summed E-state index contributed by atoms with van der Waals surface area (Å²) in [5.41, 5.74) is 5.28. The van der Waals surface area contributed by atoms with E-state index in [1.807, 2.05) is 0 Å². The zero-order valence-corrected chi connectivity index (χ0v) is 8.93. The highest BCUT2D eigenvalue weighted by molar-refractivity contribution is 8.14. The van der Waals surface area contributed by atoms with Crippen molar-refractivity contribution < 1.29 is 19.1 Å². The average molecular weight is 219 g/mol. The van der Waals surface area contributed by atoms with E-state index in [-0.39, 0.29) is 17.5 Å². The van der Waals surface area contributed by atoms with Crippen molar-refractivity contribution in [1.29, 1.82) is 0 Å². The third-order valence-corrected chi connectivity index (χ3v) is 2.14. The summed E-state index contributed by atoms with van der Waals surface area (Å²) in [6, 6.07) is -1.28. The fourth-order valence-electron chi connectivity index (χ4n) is 0.626. The quantitative estimate of drug-likeness (QED) is 0.506. The highest BCUT2D eigenvalue weighted by Crippen LogP contribution is 2.02. The Bertz CT molecular complexity index is 241. The van der Waals surface area contributed by atoms with Crippen LogP contribution in [0.5, 0.6) is 0 Å². The minimum atomic E-state index is -1.28. The smallest absolute Gasteiger partial charge is 0.330 e. The number of carbonyl (C=O) groups is 3. The van der Waals surface area contributed by atoms with Crippen LogP contribution in [-0.4, -0.2) is 35.3 Å². The molecule has 0 aliphatic rings. The molecule has 0 fully saturated rings. The van der Waals surface area contributed by atoms with Crippen LogP contribution in [0.4, 0.5) is 0 Å². The molecule has 0 aromatic heterocycles. The minimum Gasteiger partial charge on any atom is -0.464 e. The zero-order valence-electron chi connectivity index (χ0n) is 8.11. The molecule has 80 valence electrons. The van der Waals surface area contributed by atoms with Crippen LogP contribution in [-0.2, 0) is 19.1 Å².